The minimum Gasteiger partial charge on any atom is -0.334 e. The van der Waals surface area contributed by atoms with Crippen LogP contribution in [0.5, 0.6) is 0 Å². The third kappa shape index (κ3) is 3.57. The fourth-order valence-electron chi connectivity index (χ4n) is 1.34. The van der Waals surface area contributed by atoms with E-state index in [1.54, 1.807) is 12.4 Å². The van der Waals surface area contributed by atoms with Gasteiger partial charge in [-0.2, -0.15) is 0 Å². The van der Waals surface area contributed by atoms with Gasteiger partial charge in [-0.3, -0.25) is 10.3 Å². The van der Waals surface area contributed by atoms with Crippen LogP contribution in [-0.4, -0.2) is 11.0 Å². The minimum absolute atomic E-state index is 0.198. The number of nitrogens with zero attached hydrogens (tertiary/aromatic N) is 1. The summed E-state index contributed by atoms with van der Waals surface area (Å²) < 4.78 is 0. The van der Waals surface area contributed by atoms with Crippen LogP contribution in [0, 0.1) is 6.92 Å². The minimum atomic E-state index is -0.198. The molecule has 2 N–H and O–H groups in total. The van der Waals surface area contributed by atoms with Crippen molar-refractivity contribution in [3.05, 3.63) is 47.1 Å². The van der Waals surface area contributed by atoms with Crippen molar-refractivity contribution >= 4 is 22.4 Å². The maximum absolute atomic E-state index is 11.6. The first-order valence-electron chi connectivity index (χ1n) is 5.23. The van der Waals surface area contributed by atoms with Gasteiger partial charge in [-0.25, -0.2) is 4.79 Å². The number of aromatic nitrogens is 1. The maximum atomic E-state index is 11.6. The number of nitrogens with one attached hydrogen (secondary N) is 2. The van der Waals surface area contributed by atoms with Crippen molar-refractivity contribution in [2.75, 3.05) is 5.32 Å². The lowest BCUT2D eigenvalue weighted by Gasteiger charge is -2.05. The average molecular weight is 247 g/mol. The first kappa shape index (κ1) is 11.6. The second-order valence-corrected chi connectivity index (χ2v) is 4.57. The molecule has 0 unspecified atom stereocenters. The van der Waals surface area contributed by atoms with E-state index in [0.29, 0.717) is 6.54 Å². The summed E-state index contributed by atoms with van der Waals surface area (Å²) in [7, 11) is 0. The highest BCUT2D eigenvalue weighted by Gasteiger charge is 2.02. The molecule has 0 saturated carbocycles. The first-order chi connectivity index (χ1) is 8.24. The van der Waals surface area contributed by atoms with Gasteiger partial charge in [-0.1, -0.05) is 6.07 Å². The van der Waals surface area contributed by atoms with Gasteiger partial charge in [-0.15, -0.1) is 11.3 Å². The Morgan fingerprint density at radius 2 is 2.41 bits per heavy atom. The lowest BCUT2D eigenvalue weighted by atomic mass is 10.3. The lowest BCUT2D eigenvalue weighted by Crippen LogP contribution is -2.27. The fourth-order valence-corrected chi connectivity index (χ4v) is 2.12. The Bertz CT molecular complexity index is 495. The molecule has 2 amide bonds. The standard InChI is InChI=1S/C12H13N3OS/c1-9-5-11(17-8-9)15-12(16)14-7-10-3-2-4-13-6-10/h2-6,8H,7H2,1H3,(H2,14,15,16). The van der Waals surface area contributed by atoms with Gasteiger partial charge in [0, 0.05) is 18.9 Å². The van der Waals surface area contributed by atoms with E-state index in [0.717, 1.165) is 16.1 Å². The molecule has 88 valence electrons. The van der Waals surface area contributed by atoms with Crippen LogP contribution in [0.1, 0.15) is 11.1 Å². The third-order valence-corrected chi connectivity index (χ3v) is 3.11. The Morgan fingerprint density at radius 1 is 1.53 bits per heavy atom. The third-order valence-electron chi connectivity index (χ3n) is 2.14. The Morgan fingerprint density at radius 3 is 3.06 bits per heavy atom. The molecule has 0 aliphatic heterocycles. The number of hydrogen-bond donors (Lipinski definition) is 2. The SMILES string of the molecule is Cc1csc(NC(=O)NCc2cccnc2)c1. The molecule has 0 aromatic carbocycles. The summed E-state index contributed by atoms with van der Waals surface area (Å²) in [6.07, 6.45) is 3.44. The molecular formula is C12H13N3OS. The van der Waals surface area contributed by atoms with Gasteiger partial charge in [0.2, 0.25) is 0 Å². The molecule has 17 heavy (non-hydrogen) atoms. The molecule has 0 fully saturated rings. The van der Waals surface area contributed by atoms with Gasteiger partial charge in [-0.05, 0) is 35.6 Å². The van der Waals surface area contributed by atoms with Crippen molar-refractivity contribution in [3.8, 4) is 0 Å². The summed E-state index contributed by atoms with van der Waals surface area (Å²) in [6, 6.07) is 5.50. The average Bonchev–Trinajstić information content (AvgIpc) is 2.73. The monoisotopic (exact) mass is 247 g/mol. The van der Waals surface area contributed by atoms with E-state index >= 15 is 0 Å². The van der Waals surface area contributed by atoms with Crippen LogP contribution in [-0.2, 0) is 6.54 Å². The van der Waals surface area contributed by atoms with Gasteiger partial charge < -0.3 is 5.32 Å². The highest BCUT2D eigenvalue weighted by Crippen LogP contribution is 2.18. The van der Waals surface area contributed by atoms with Crippen molar-refractivity contribution < 1.29 is 4.79 Å². The van der Waals surface area contributed by atoms with Crippen LogP contribution < -0.4 is 10.6 Å². The van der Waals surface area contributed by atoms with E-state index < -0.39 is 0 Å². The number of hydrogen-bond acceptors (Lipinski definition) is 3. The van der Waals surface area contributed by atoms with Crippen molar-refractivity contribution in [1.82, 2.24) is 10.3 Å². The number of pyridine rings is 1. The summed E-state index contributed by atoms with van der Waals surface area (Å²) in [4.78, 5) is 15.5. The summed E-state index contributed by atoms with van der Waals surface area (Å²) in [5.74, 6) is 0. The van der Waals surface area contributed by atoms with E-state index in [-0.39, 0.29) is 6.03 Å². The van der Waals surface area contributed by atoms with E-state index in [4.69, 9.17) is 0 Å². The Hall–Kier alpha value is -1.88. The van der Waals surface area contributed by atoms with Crippen molar-refractivity contribution in [1.29, 1.82) is 0 Å². The van der Waals surface area contributed by atoms with Crippen LogP contribution in [0.4, 0.5) is 9.80 Å². The number of carbonyl (C=O) groups excluding carboxylic acids is 1. The highest BCUT2D eigenvalue weighted by molar-refractivity contribution is 7.14. The highest BCUT2D eigenvalue weighted by atomic mass is 32.1. The molecule has 0 aliphatic rings. The summed E-state index contributed by atoms with van der Waals surface area (Å²) in [5, 5.41) is 8.40. The molecule has 0 spiro atoms. The van der Waals surface area contributed by atoms with Gasteiger partial charge in [0.05, 0.1) is 5.00 Å². The molecule has 2 aromatic heterocycles. The molecule has 2 rings (SSSR count). The van der Waals surface area contributed by atoms with Crippen molar-refractivity contribution in [2.24, 2.45) is 0 Å². The van der Waals surface area contributed by atoms with E-state index in [9.17, 15) is 4.79 Å². The van der Waals surface area contributed by atoms with Crippen molar-refractivity contribution in [2.45, 2.75) is 13.5 Å². The predicted molar refractivity (Wildman–Crippen MR) is 69.2 cm³/mol. The maximum Gasteiger partial charge on any atom is 0.320 e. The molecule has 0 saturated heterocycles. The normalized spacial score (nSPS) is 9.94. The first-order valence-corrected chi connectivity index (χ1v) is 6.11. The second kappa shape index (κ2) is 5.45. The molecule has 0 bridgehead atoms. The summed E-state index contributed by atoms with van der Waals surface area (Å²) in [5.41, 5.74) is 2.13. The molecule has 2 heterocycles. The van der Waals surface area contributed by atoms with E-state index in [2.05, 4.69) is 15.6 Å². The summed E-state index contributed by atoms with van der Waals surface area (Å²) in [6.45, 7) is 2.47. The van der Waals surface area contributed by atoms with E-state index in [1.165, 1.54) is 11.3 Å². The van der Waals surface area contributed by atoms with Crippen LogP contribution in [0.2, 0.25) is 0 Å². The van der Waals surface area contributed by atoms with Crippen LogP contribution in [0.3, 0.4) is 0 Å². The van der Waals surface area contributed by atoms with Crippen LogP contribution in [0.25, 0.3) is 0 Å². The second-order valence-electron chi connectivity index (χ2n) is 3.66. The number of carbonyl (C=O) groups is 1. The number of urea groups is 1. The van der Waals surface area contributed by atoms with Gasteiger partial charge in [0.1, 0.15) is 0 Å². The number of rotatable bonds is 3. The van der Waals surface area contributed by atoms with Gasteiger partial charge in [0.25, 0.3) is 0 Å². The number of thiophene rings is 1. The zero-order chi connectivity index (χ0) is 12.1. The molecule has 2 aromatic rings. The number of anilines is 1. The zero-order valence-electron chi connectivity index (χ0n) is 9.43. The fraction of sp³-hybridized carbons (Fsp3) is 0.167. The van der Waals surface area contributed by atoms with E-state index in [1.807, 2.05) is 30.5 Å². The Kier molecular flexibility index (Phi) is 3.72. The largest absolute Gasteiger partial charge is 0.334 e. The molecular weight excluding hydrogens is 234 g/mol. The smallest absolute Gasteiger partial charge is 0.320 e. The predicted octanol–water partition coefficient (Wildman–Crippen LogP) is 2.77. The number of amides is 2. The molecule has 5 heteroatoms. The zero-order valence-corrected chi connectivity index (χ0v) is 10.3. The molecule has 0 radical (unpaired) electrons. The summed E-state index contributed by atoms with van der Waals surface area (Å²) >= 11 is 1.52. The van der Waals surface area contributed by atoms with Crippen LogP contribution in [0.15, 0.2) is 36.0 Å². The van der Waals surface area contributed by atoms with Crippen LogP contribution >= 0.6 is 11.3 Å². The number of aryl methyl sites for hydroxylation is 1. The molecule has 4 nitrogen and oxygen atoms in total. The topological polar surface area (TPSA) is 54.0 Å². The van der Waals surface area contributed by atoms with Crippen molar-refractivity contribution in [3.63, 3.8) is 0 Å². The quantitative estimate of drug-likeness (QED) is 0.876. The molecule has 0 aliphatic carbocycles. The van der Waals surface area contributed by atoms with Gasteiger partial charge in [0.15, 0.2) is 0 Å². The van der Waals surface area contributed by atoms with Gasteiger partial charge >= 0.3 is 6.03 Å². The lowest BCUT2D eigenvalue weighted by molar-refractivity contribution is 0.252. The molecule has 0 atom stereocenters. The Balaban J connectivity index is 1.82. The Labute approximate surface area is 104 Å².